The molecule has 0 aliphatic heterocycles. The molecule has 3 atom stereocenters. The average molecular weight is 268 g/mol. The van der Waals surface area contributed by atoms with Gasteiger partial charge in [-0.15, -0.1) is 10.2 Å². The second-order valence-corrected chi connectivity index (χ2v) is 6.12. The minimum absolute atomic E-state index is 0.0357. The molecule has 6 nitrogen and oxygen atoms in total. The van der Waals surface area contributed by atoms with Gasteiger partial charge in [0, 0.05) is 5.92 Å². The predicted octanol–water partition coefficient (Wildman–Crippen LogP) is 1.07. The average Bonchev–Trinajstić information content (AvgIpc) is 3.01. The lowest BCUT2D eigenvalue weighted by Crippen LogP contribution is -2.20. The van der Waals surface area contributed by atoms with Crippen LogP contribution in [0.25, 0.3) is 0 Å². The van der Waals surface area contributed by atoms with Crippen LogP contribution in [0, 0.1) is 11.8 Å². The van der Waals surface area contributed by atoms with Crippen molar-refractivity contribution in [3.05, 3.63) is 5.82 Å². The zero-order valence-electron chi connectivity index (χ0n) is 9.95. The summed E-state index contributed by atoms with van der Waals surface area (Å²) in [5.74, 6) is 7.84. The molecule has 2 aliphatic rings. The van der Waals surface area contributed by atoms with Crippen LogP contribution in [0.5, 0.6) is 0 Å². The zero-order valence-corrected chi connectivity index (χ0v) is 10.8. The van der Waals surface area contributed by atoms with Crippen molar-refractivity contribution in [1.29, 1.82) is 0 Å². The molecule has 0 saturated heterocycles. The molecule has 1 aromatic heterocycles. The van der Waals surface area contributed by atoms with Gasteiger partial charge in [0.2, 0.25) is 5.16 Å². The van der Waals surface area contributed by atoms with Crippen LogP contribution in [-0.4, -0.2) is 31.7 Å². The first kappa shape index (κ1) is 11.8. The van der Waals surface area contributed by atoms with Crippen LogP contribution >= 0.6 is 11.8 Å². The molecular formula is C11H16N4O2S. The van der Waals surface area contributed by atoms with Gasteiger partial charge in [-0.2, -0.15) is 0 Å². The summed E-state index contributed by atoms with van der Waals surface area (Å²) >= 11 is 1.12. The Kier molecular flexibility index (Phi) is 2.93. The summed E-state index contributed by atoms with van der Waals surface area (Å²) in [7, 11) is 0. The number of carboxylic acid groups (broad SMARTS) is 1. The number of carbonyl (C=O) groups is 1. The number of fused-ring (bicyclic) bond motifs is 2. The molecule has 1 heterocycles. The molecule has 0 radical (unpaired) electrons. The van der Waals surface area contributed by atoms with Crippen molar-refractivity contribution >= 4 is 17.7 Å². The SMILES string of the molecule is Nn1c(SCC(=O)O)nnc1C1CC2CCC1C2. The molecule has 3 unspecified atom stereocenters. The Morgan fingerprint density at radius 2 is 2.28 bits per heavy atom. The van der Waals surface area contributed by atoms with E-state index in [1.807, 2.05) is 0 Å². The van der Waals surface area contributed by atoms with E-state index in [2.05, 4.69) is 10.2 Å². The molecule has 18 heavy (non-hydrogen) atoms. The maximum atomic E-state index is 10.5. The Morgan fingerprint density at radius 1 is 1.44 bits per heavy atom. The summed E-state index contributed by atoms with van der Waals surface area (Å²) in [4.78, 5) is 10.5. The fraction of sp³-hybridized carbons (Fsp3) is 0.727. The first-order valence-corrected chi connectivity index (χ1v) is 7.18. The Bertz CT molecular complexity index is 476. The number of aliphatic carboxylic acids is 1. The van der Waals surface area contributed by atoms with Crippen molar-refractivity contribution in [3.8, 4) is 0 Å². The maximum absolute atomic E-state index is 10.5. The molecule has 2 aliphatic carbocycles. The van der Waals surface area contributed by atoms with Gasteiger partial charge in [-0.25, -0.2) is 4.68 Å². The molecule has 2 bridgehead atoms. The van der Waals surface area contributed by atoms with Crippen molar-refractivity contribution in [1.82, 2.24) is 14.9 Å². The highest BCUT2D eigenvalue weighted by Crippen LogP contribution is 2.52. The number of aromatic nitrogens is 3. The lowest BCUT2D eigenvalue weighted by Gasteiger charge is -2.20. The van der Waals surface area contributed by atoms with Crippen molar-refractivity contribution in [2.24, 2.45) is 11.8 Å². The predicted molar refractivity (Wildman–Crippen MR) is 66.7 cm³/mol. The largest absolute Gasteiger partial charge is 0.481 e. The maximum Gasteiger partial charge on any atom is 0.313 e. The van der Waals surface area contributed by atoms with Gasteiger partial charge in [-0.1, -0.05) is 18.2 Å². The second-order valence-electron chi connectivity index (χ2n) is 5.17. The molecule has 1 aromatic rings. The molecule has 0 aromatic carbocycles. The van der Waals surface area contributed by atoms with Crippen LogP contribution in [-0.2, 0) is 4.79 Å². The van der Waals surface area contributed by atoms with E-state index in [-0.39, 0.29) is 5.75 Å². The summed E-state index contributed by atoms with van der Waals surface area (Å²) < 4.78 is 1.49. The van der Waals surface area contributed by atoms with Crippen molar-refractivity contribution in [3.63, 3.8) is 0 Å². The number of nitrogens with two attached hydrogens (primary N) is 1. The van der Waals surface area contributed by atoms with Gasteiger partial charge in [-0.05, 0) is 31.1 Å². The van der Waals surface area contributed by atoms with Gasteiger partial charge in [0.25, 0.3) is 0 Å². The van der Waals surface area contributed by atoms with E-state index in [1.54, 1.807) is 0 Å². The normalized spacial score (nSPS) is 29.9. The zero-order chi connectivity index (χ0) is 12.7. The fourth-order valence-corrected chi connectivity index (χ4v) is 3.91. The monoisotopic (exact) mass is 268 g/mol. The lowest BCUT2D eigenvalue weighted by atomic mass is 9.88. The molecule has 3 rings (SSSR count). The van der Waals surface area contributed by atoms with E-state index < -0.39 is 5.97 Å². The molecule has 7 heteroatoms. The third kappa shape index (κ3) is 1.96. The first-order valence-electron chi connectivity index (χ1n) is 6.20. The summed E-state index contributed by atoms with van der Waals surface area (Å²) in [6.07, 6.45) is 5.04. The first-order chi connectivity index (χ1) is 8.65. The third-order valence-corrected chi connectivity index (χ3v) is 5.01. The number of carboxylic acids is 1. The standard InChI is InChI=1S/C11H16N4O2S/c12-15-10(8-4-6-1-2-7(8)3-6)13-14-11(15)18-5-9(16)17/h6-8H,1-5,12H2,(H,16,17). The van der Waals surface area contributed by atoms with Crippen LogP contribution in [0.3, 0.4) is 0 Å². The Labute approximate surface area is 109 Å². The van der Waals surface area contributed by atoms with Gasteiger partial charge in [0.05, 0.1) is 5.75 Å². The van der Waals surface area contributed by atoms with E-state index in [4.69, 9.17) is 10.9 Å². The topological polar surface area (TPSA) is 94.0 Å². The summed E-state index contributed by atoms with van der Waals surface area (Å²) in [6.45, 7) is 0. The molecular weight excluding hydrogens is 252 g/mol. The molecule has 0 amide bonds. The number of thioether (sulfide) groups is 1. The number of nitrogen functional groups attached to an aromatic ring is 1. The molecule has 2 saturated carbocycles. The van der Waals surface area contributed by atoms with Gasteiger partial charge in [-0.3, -0.25) is 4.79 Å². The van der Waals surface area contributed by atoms with Crippen LogP contribution in [0.1, 0.15) is 37.4 Å². The highest BCUT2D eigenvalue weighted by atomic mass is 32.2. The van der Waals surface area contributed by atoms with E-state index in [0.717, 1.165) is 29.9 Å². The minimum Gasteiger partial charge on any atom is -0.481 e. The van der Waals surface area contributed by atoms with Crippen LogP contribution in [0.2, 0.25) is 0 Å². The van der Waals surface area contributed by atoms with Crippen molar-refractivity contribution in [2.75, 3.05) is 11.6 Å². The number of hydrogen-bond acceptors (Lipinski definition) is 5. The Morgan fingerprint density at radius 3 is 2.89 bits per heavy atom. The molecule has 0 spiro atoms. The smallest absolute Gasteiger partial charge is 0.313 e. The summed E-state index contributed by atoms with van der Waals surface area (Å²) in [5, 5.41) is 17.3. The fourth-order valence-electron chi connectivity index (χ4n) is 3.33. The van der Waals surface area contributed by atoms with Crippen molar-refractivity contribution < 1.29 is 9.90 Å². The Hall–Kier alpha value is -1.24. The minimum atomic E-state index is -0.871. The van der Waals surface area contributed by atoms with E-state index >= 15 is 0 Å². The summed E-state index contributed by atoms with van der Waals surface area (Å²) in [6, 6.07) is 0. The quantitative estimate of drug-likeness (QED) is 0.626. The third-order valence-electron chi connectivity index (χ3n) is 4.09. The highest BCUT2D eigenvalue weighted by molar-refractivity contribution is 7.99. The van der Waals surface area contributed by atoms with Gasteiger partial charge < -0.3 is 10.9 Å². The van der Waals surface area contributed by atoms with Gasteiger partial charge >= 0.3 is 5.97 Å². The van der Waals surface area contributed by atoms with E-state index in [9.17, 15) is 4.79 Å². The molecule has 98 valence electrons. The number of hydrogen-bond donors (Lipinski definition) is 2. The van der Waals surface area contributed by atoms with Gasteiger partial charge in [0.1, 0.15) is 0 Å². The number of nitrogens with zero attached hydrogens (tertiary/aromatic N) is 3. The van der Waals surface area contributed by atoms with Crippen LogP contribution in [0.15, 0.2) is 5.16 Å². The molecule has 2 fully saturated rings. The van der Waals surface area contributed by atoms with Crippen LogP contribution < -0.4 is 5.84 Å². The molecule has 3 N–H and O–H groups in total. The lowest BCUT2D eigenvalue weighted by molar-refractivity contribution is -0.133. The summed E-state index contributed by atoms with van der Waals surface area (Å²) in [5.41, 5.74) is 0. The highest BCUT2D eigenvalue weighted by Gasteiger charge is 2.42. The van der Waals surface area contributed by atoms with E-state index in [0.29, 0.717) is 17.0 Å². The Balaban J connectivity index is 1.75. The van der Waals surface area contributed by atoms with E-state index in [1.165, 1.54) is 23.9 Å². The van der Waals surface area contributed by atoms with Gasteiger partial charge in [0.15, 0.2) is 5.82 Å². The number of rotatable bonds is 4. The van der Waals surface area contributed by atoms with Crippen LogP contribution in [0.4, 0.5) is 0 Å². The van der Waals surface area contributed by atoms with Crippen molar-refractivity contribution in [2.45, 2.75) is 36.8 Å². The second kappa shape index (κ2) is 4.46.